The summed E-state index contributed by atoms with van der Waals surface area (Å²) in [7, 11) is 3.59. The third-order valence-corrected chi connectivity index (χ3v) is 5.49. The lowest BCUT2D eigenvalue weighted by atomic mass is 9.95. The van der Waals surface area contributed by atoms with E-state index in [1.54, 1.807) is 14.2 Å². The molecule has 1 unspecified atom stereocenters. The molecule has 2 aliphatic rings. The Bertz CT molecular complexity index is 299. The van der Waals surface area contributed by atoms with E-state index in [4.69, 9.17) is 9.47 Å². The molecule has 0 spiro atoms. The zero-order valence-electron chi connectivity index (χ0n) is 14.7. The van der Waals surface area contributed by atoms with Crippen molar-refractivity contribution < 1.29 is 14.6 Å². The molecule has 0 amide bonds. The van der Waals surface area contributed by atoms with Crippen molar-refractivity contribution in [2.24, 2.45) is 11.8 Å². The highest BCUT2D eigenvalue weighted by molar-refractivity contribution is 4.83. The summed E-state index contributed by atoms with van der Waals surface area (Å²) in [5, 5.41) is 10.4. The molecule has 2 heterocycles. The monoisotopic (exact) mass is 314 g/mol. The molecule has 0 radical (unpaired) electrons. The molecule has 2 fully saturated rings. The Labute approximate surface area is 135 Å². The standard InChI is InChI=1S/C17H34N2O3/c1-13-5-7-18(11-16(13)21-3)9-15(20)10-19-8-6-14(2)17(12-19)22-4/h13-17,20H,5-12H2,1-4H3/t13-,14+,15?,16-,17+. The lowest BCUT2D eigenvalue weighted by Gasteiger charge is -2.39. The minimum absolute atomic E-state index is 0.295. The highest BCUT2D eigenvalue weighted by Crippen LogP contribution is 2.21. The molecular weight excluding hydrogens is 280 g/mol. The van der Waals surface area contributed by atoms with Gasteiger partial charge in [0.2, 0.25) is 0 Å². The fourth-order valence-corrected chi connectivity index (χ4v) is 3.79. The third kappa shape index (κ3) is 4.90. The first-order valence-corrected chi connectivity index (χ1v) is 8.71. The van der Waals surface area contributed by atoms with Crippen molar-refractivity contribution in [3.63, 3.8) is 0 Å². The first-order valence-electron chi connectivity index (χ1n) is 8.71. The van der Waals surface area contributed by atoms with Crippen molar-refractivity contribution in [3.05, 3.63) is 0 Å². The number of β-amino-alcohol motifs (C(OH)–C–C–N with tert-alkyl or cyclic N) is 1. The number of rotatable bonds is 6. The number of ether oxygens (including phenoxy) is 2. The number of hydrogen-bond acceptors (Lipinski definition) is 5. The summed E-state index contributed by atoms with van der Waals surface area (Å²) in [5.74, 6) is 1.23. The van der Waals surface area contributed by atoms with E-state index in [-0.39, 0.29) is 6.10 Å². The van der Waals surface area contributed by atoms with Crippen LogP contribution in [-0.4, -0.2) is 86.7 Å². The second-order valence-electron chi connectivity index (χ2n) is 7.25. The topological polar surface area (TPSA) is 45.2 Å². The molecule has 0 saturated carbocycles. The van der Waals surface area contributed by atoms with E-state index in [1.165, 1.54) is 0 Å². The van der Waals surface area contributed by atoms with Gasteiger partial charge in [-0.2, -0.15) is 0 Å². The molecule has 130 valence electrons. The van der Waals surface area contributed by atoms with Gasteiger partial charge in [-0.3, -0.25) is 9.80 Å². The number of aliphatic hydroxyl groups is 1. The third-order valence-electron chi connectivity index (χ3n) is 5.49. The average Bonchev–Trinajstić information content (AvgIpc) is 2.51. The number of hydrogen-bond donors (Lipinski definition) is 1. The van der Waals surface area contributed by atoms with E-state index < -0.39 is 0 Å². The summed E-state index contributed by atoms with van der Waals surface area (Å²) in [5.41, 5.74) is 0. The summed E-state index contributed by atoms with van der Waals surface area (Å²) in [6, 6.07) is 0. The van der Waals surface area contributed by atoms with Crippen LogP contribution in [0.3, 0.4) is 0 Å². The molecule has 2 saturated heterocycles. The van der Waals surface area contributed by atoms with E-state index >= 15 is 0 Å². The van der Waals surface area contributed by atoms with Crippen LogP contribution in [0.5, 0.6) is 0 Å². The summed E-state index contributed by atoms with van der Waals surface area (Å²) < 4.78 is 11.1. The van der Waals surface area contributed by atoms with E-state index in [0.717, 1.165) is 52.1 Å². The van der Waals surface area contributed by atoms with Crippen LogP contribution in [0.15, 0.2) is 0 Å². The van der Waals surface area contributed by atoms with E-state index in [9.17, 15) is 5.11 Å². The van der Waals surface area contributed by atoms with Gasteiger partial charge in [-0.25, -0.2) is 0 Å². The molecule has 0 aromatic rings. The van der Waals surface area contributed by atoms with Gasteiger partial charge >= 0.3 is 0 Å². The minimum Gasteiger partial charge on any atom is -0.390 e. The molecule has 2 aliphatic heterocycles. The highest BCUT2D eigenvalue weighted by atomic mass is 16.5. The second kappa shape index (κ2) is 8.60. The average molecular weight is 314 g/mol. The lowest BCUT2D eigenvalue weighted by molar-refractivity contribution is -0.0362. The van der Waals surface area contributed by atoms with Crippen LogP contribution in [-0.2, 0) is 9.47 Å². The fraction of sp³-hybridized carbons (Fsp3) is 1.00. The largest absolute Gasteiger partial charge is 0.390 e. The molecule has 0 aromatic heterocycles. The molecule has 5 heteroatoms. The van der Waals surface area contributed by atoms with Crippen molar-refractivity contribution in [1.29, 1.82) is 0 Å². The van der Waals surface area contributed by atoms with Gasteiger partial charge in [-0.05, 0) is 37.8 Å². The van der Waals surface area contributed by atoms with Crippen LogP contribution < -0.4 is 0 Å². The van der Waals surface area contributed by atoms with Gasteiger partial charge in [0, 0.05) is 40.4 Å². The quantitative estimate of drug-likeness (QED) is 0.794. The van der Waals surface area contributed by atoms with Crippen LogP contribution in [0.1, 0.15) is 26.7 Å². The Kier molecular flexibility index (Phi) is 7.09. The smallest absolute Gasteiger partial charge is 0.0793 e. The van der Waals surface area contributed by atoms with Gasteiger partial charge in [0.25, 0.3) is 0 Å². The minimum atomic E-state index is -0.295. The summed E-state index contributed by atoms with van der Waals surface area (Å²) in [6.07, 6.45) is 2.61. The van der Waals surface area contributed by atoms with Gasteiger partial charge < -0.3 is 14.6 Å². The predicted octanol–water partition coefficient (Wildman–Crippen LogP) is 1.06. The molecule has 2 rings (SSSR count). The van der Waals surface area contributed by atoms with Crippen molar-refractivity contribution in [2.45, 2.75) is 45.0 Å². The van der Waals surface area contributed by atoms with Crippen molar-refractivity contribution in [1.82, 2.24) is 9.80 Å². The van der Waals surface area contributed by atoms with Crippen LogP contribution >= 0.6 is 0 Å². The van der Waals surface area contributed by atoms with Crippen LogP contribution in [0, 0.1) is 11.8 Å². The zero-order valence-corrected chi connectivity index (χ0v) is 14.7. The Morgan fingerprint density at radius 3 is 1.68 bits per heavy atom. The summed E-state index contributed by atoms with van der Waals surface area (Å²) >= 11 is 0. The number of nitrogens with zero attached hydrogens (tertiary/aromatic N) is 2. The van der Waals surface area contributed by atoms with E-state index in [0.29, 0.717) is 24.0 Å². The Morgan fingerprint density at radius 2 is 1.32 bits per heavy atom. The SMILES string of the molecule is CO[C@H]1CN(CC(O)CN2CC[C@@H](C)[C@H](OC)C2)CC[C@@H]1C. The van der Waals surface area contributed by atoms with Gasteiger partial charge in [0.05, 0.1) is 18.3 Å². The molecule has 0 aromatic carbocycles. The number of aliphatic hydroxyl groups excluding tert-OH is 1. The number of piperidine rings is 2. The van der Waals surface area contributed by atoms with Crippen molar-refractivity contribution >= 4 is 0 Å². The van der Waals surface area contributed by atoms with Gasteiger partial charge in [0.15, 0.2) is 0 Å². The molecule has 1 N–H and O–H groups in total. The predicted molar refractivity (Wildman–Crippen MR) is 88.0 cm³/mol. The van der Waals surface area contributed by atoms with E-state index in [2.05, 4.69) is 23.6 Å². The first-order chi connectivity index (χ1) is 10.5. The fourth-order valence-electron chi connectivity index (χ4n) is 3.79. The maximum atomic E-state index is 10.4. The molecule has 22 heavy (non-hydrogen) atoms. The van der Waals surface area contributed by atoms with Gasteiger partial charge in [0.1, 0.15) is 0 Å². The summed E-state index contributed by atoms with van der Waals surface area (Å²) in [4.78, 5) is 4.69. The molecule has 0 bridgehead atoms. The Morgan fingerprint density at radius 1 is 0.909 bits per heavy atom. The molecule has 5 atom stereocenters. The molecule has 0 aliphatic carbocycles. The Hall–Kier alpha value is -0.200. The normalized spacial score (nSPS) is 36.4. The van der Waals surface area contributed by atoms with Crippen molar-refractivity contribution in [3.8, 4) is 0 Å². The van der Waals surface area contributed by atoms with Gasteiger partial charge in [-0.1, -0.05) is 13.8 Å². The van der Waals surface area contributed by atoms with Crippen molar-refractivity contribution in [2.75, 3.05) is 53.5 Å². The maximum Gasteiger partial charge on any atom is 0.0793 e. The van der Waals surface area contributed by atoms with Crippen LogP contribution in [0.2, 0.25) is 0 Å². The highest BCUT2D eigenvalue weighted by Gasteiger charge is 2.29. The Balaban J connectivity index is 1.74. The van der Waals surface area contributed by atoms with E-state index in [1.807, 2.05) is 0 Å². The maximum absolute atomic E-state index is 10.4. The van der Waals surface area contributed by atoms with Gasteiger partial charge in [-0.15, -0.1) is 0 Å². The second-order valence-corrected chi connectivity index (χ2v) is 7.25. The lowest BCUT2D eigenvalue weighted by Crippen LogP contribution is -2.51. The van der Waals surface area contributed by atoms with Crippen LogP contribution in [0.25, 0.3) is 0 Å². The zero-order chi connectivity index (χ0) is 16.1. The number of methoxy groups -OCH3 is 2. The van der Waals surface area contributed by atoms with Crippen LogP contribution in [0.4, 0.5) is 0 Å². The molecular formula is C17H34N2O3. The number of likely N-dealkylation sites (tertiary alicyclic amines) is 2. The summed E-state index contributed by atoms with van der Waals surface area (Å²) in [6.45, 7) is 10.0. The molecule has 5 nitrogen and oxygen atoms in total. The first kappa shape index (κ1) is 18.1.